The van der Waals surface area contributed by atoms with Gasteiger partial charge < -0.3 is 14.8 Å². The van der Waals surface area contributed by atoms with Gasteiger partial charge in [-0.05, 0) is 81.8 Å². The molecule has 0 aromatic carbocycles. The number of anilines is 1. The van der Waals surface area contributed by atoms with E-state index in [1.165, 1.54) is 58.1 Å². The van der Waals surface area contributed by atoms with Crippen LogP contribution in [0.5, 0.6) is 0 Å². The van der Waals surface area contributed by atoms with E-state index in [0.717, 1.165) is 16.0 Å². The Labute approximate surface area is 263 Å². The number of alkyl halides is 3. The molecule has 3 heterocycles. The molecule has 45 heavy (non-hydrogen) atoms. The summed E-state index contributed by atoms with van der Waals surface area (Å²) in [5.74, 6) is -2.82. The number of nitrogens with zero attached hydrogens (tertiary/aromatic N) is 2. The molecule has 14 heteroatoms. The Bertz CT molecular complexity index is 1560. The lowest BCUT2D eigenvalue weighted by Crippen LogP contribution is -2.56. The number of esters is 1. The number of hydrogen-bond acceptors (Lipinski definition) is 8. The summed E-state index contributed by atoms with van der Waals surface area (Å²) >= 11 is 1.28. The standard InChI is InChI=1S/C31H37F3N4O6S/c1-17(2)25(26(31(32,33)34)44-28(41)30(5,6)7)37-24(39)15-38-22(23-9-8-12-45-23)11-10-21(27(38)40)36-29(42)43-16-20-13-18(3)35-19(4)14-20/h8-14,17,25-26H,15-16H2,1-7H3,(H,36,42)(H,37,39). The van der Waals surface area contributed by atoms with Gasteiger partial charge in [-0.1, -0.05) is 19.9 Å². The van der Waals surface area contributed by atoms with Gasteiger partial charge in [-0.25, -0.2) is 4.79 Å². The maximum atomic E-state index is 14.1. The van der Waals surface area contributed by atoms with Crippen molar-refractivity contribution >= 4 is 35.0 Å². The van der Waals surface area contributed by atoms with Crippen molar-refractivity contribution in [2.24, 2.45) is 11.3 Å². The SMILES string of the molecule is Cc1cc(COC(=O)Nc2ccc(-c3cccs3)n(CC(=O)NC(C(C)C)C(OC(=O)C(C)(C)C)C(F)(F)F)c2=O)cc(C)n1. The molecule has 2 atom stereocenters. The number of amides is 2. The molecule has 0 aliphatic carbocycles. The van der Waals surface area contributed by atoms with Gasteiger partial charge >= 0.3 is 18.2 Å². The highest BCUT2D eigenvalue weighted by molar-refractivity contribution is 7.13. The highest BCUT2D eigenvalue weighted by Gasteiger charge is 2.50. The van der Waals surface area contributed by atoms with E-state index in [4.69, 9.17) is 9.47 Å². The zero-order valence-electron chi connectivity index (χ0n) is 26.1. The molecule has 0 saturated heterocycles. The highest BCUT2D eigenvalue weighted by Crippen LogP contribution is 2.31. The first-order valence-corrected chi connectivity index (χ1v) is 15.0. The van der Waals surface area contributed by atoms with Gasteiger partial charge in [0.1, 0.15) is 18.8 Å². The second-order valence-electron chi connectivity index (χ2n) is 11.9. The number of nitrogens with one attached hydrogen (secondary N) is 2. The highest BCUT2D eigenvalue weighted by atomic mass is 32.1. The van der Waals surface area contributed by atoms with Crippen molar-refractivity contribution in [2.45, 2.75) is 79.9 Å². The number of aryl methyl sites for hydroxylation is 2. The van der Waals surface area contributed by atoms with E-state index in [1.54, 1.807) is 43.5 Å². The third kappa shape index (κ3) is 9.64. The van der Waals surface area contributed by atoms with Crippen LogP contribution in [0.1, 0.15) is 51.6 Å². The molecule has 3 aromatic rings. The van der Waals surface area contributed by atoms with Gasteiger partial charge in [0.25, 0.3) is 5.56 Å². The molecule has 0 aliphatic heterocycles. The van der Waals surface area contributed by atoms with Crippen molar-refractivity contribution in [1.29, 1.82) is 0 Å². The number of hydrogen-bond donors (Lipinski definition) is 2. The zero-order valence-corrected chi connectivity index (χ0v) is 26.9. The molecule has 2 N–H and O–H groups in total. The number of ether oxygens (including phenoxy) is 2. The number of rotatable bonds is 10. The zero-order chi connectivity index (χ0) is 33.7. The smallest absolute Gasteiger partial charge is 0.427 e. The van der Waals surface area contributed by atoms with Crippen molar-refractivity contribution in [3.05, 3.63) is 69.1 Å². The van der Waals surface area contributed by atoms with Crippen LogP contribution >= 0.6 is 11.3 Å². The summed E-state index contributed by atoms with van der Waals surface area (Å²) in [7, 11) is 0. The van der Waals surface area contributed by atoms with Crippen LogP contribution < -0.4 is 16.2 Å². The van der Waals surface area contributed by atoms with E-state index in [1.807, 2.05) is 0 Å². The fourth-order valence-electron chi connectivity index (χ4n) is 4.37. The predicted octanol–water partition coefficient (Wildman–Crippen LogP) is 6.00. The van der Waals surface area contributed by atoms with Crippen molar-refractivity contribution in [3.8, 4) is 10.6 Å². The Kier molecular flexibility index (Phi) is 11.2. The molecular weight excluding hydrogens is 613 g/mol. The van der Waals surface area contributed by atoms with Crippen LogP contribution in [-0.4, -0.2) is 45.8 Å². The van der Waals surface area contributed by atoms with Gasteiger partial charge in [0.2, 0.25) is 12.0 Å². The van der Waals surface area contributed by atoms with Gasteiger partial charge in [-0.3, -0.25) is 29.3 Å². The summed E-state index contributed by atoms with van der Waals surface area (Å²) in [6.45, 7) is 9.98. The Morgan fingerprint density at radius 3 is 2.22 bits per heavy atom. The Balaban J connectivity index is 1.87. The van der Waals surface area contributed by atoms with Gasteiger partial charge in [0.05, 0.1) is 22.0 Å². The van der Waals surface area contributed by atoms with E-state index in [0.29, 0.717) is 16.1 Å². The minimum absolute atomic E-state index is 0.0866. The molecule has 3 aromatic heterocycles. The summed E-state index contributed by atoms with van der Waals surface area (Å²) in [6, 6.07) is 8.15. The number of carbonyl (C=O) groups is 3. The normalized spacial score (nSPS) is 13.2. The molecule has 0 radical (unpaired) electrons. The number of halogens is 3. The molecule has 0 saturated carbocycles. The number of carbonyl (C=O) groups excluding carboxylic acids is 3. The lowest BCUT2D eigenvalue weighted by atomic mass is 9.95. The lowest BCUT2D eigenvalue weighted by molar-refractivity contribution is -0.234. The topological polar surface area (TPSA) is 129 Å². The van der Waals surface area contributed by atoms with Gasteiger partial charge in [0, 0.05) is 11.4 Å². The van der Waals surface area contributed by atoms with Crippen LogP contribution in [0.2, 0.25) is 0 Å². The molecule has 0 fully saturated rings. The molecule has 3 rings (SSSR count). The maximum Gasteiger partial charge on any atom is 0.427 e. The molecule has 2 unspecified atom stereocenters. The monoisotopic (exact) mass is 650 g/mol. The van der Waals surface area contributed by atoms with Gasteiger partial charge in [-0.15, -0.1) is 11.3 Å². The van der Waals surface area contributed by atoms with Crippen LogP contribution in [0.15, 0.2) is 46.6 Å². The second kappa shape index (κ2) is 14.3. The average molecular weight is 651 g/mol. The fourth-order valence-corrected chi connectivity index (χ4v) is 5.13. The van der Waals surface area contributed by atoms with Crippen LogP contribution in [-0.2, 0) is 32.2 Å². The first-order chi connectivity index (χ1) is 20.9. The summed E-state index contributed by atoms with van der Waals surface area (Å²) in [6.07, 6.45) is -8.54. The predicted molar refractivity (Wildman–Crippen MR) is 164 cm³/mol. The quantitative estimate of drug-likeness (QED) is 0.258. The van der Waals surface area contributed by atoms with E-state index in [9.17, 15) is 32.3 Å². The third-order valence-electron chi connectivity index (χ3n) is 6.54. The minimum atomic E-state index is -4.99. The maximum absolute atomic E-state index is 14.1. The van der Waals surface area contributed by atoms with E-state index in [2.05, 4.69) is 15.6 Å². The fraction of sp³-hybridized carbons (Fsp3) is 0.452. The molecule has 0 spiro atoms. The molecule has 2 amide bonds. The summed E-state index contributed by atoms with van der Waals surface area (Å²) in [5.41, 5.74) is 0.282. The first kappa shape index (κ1) is 35.3. The van der Waals surface area contributed by atoms with Crippen LogP contribution in [0.4, 0.5) is 23.7 Å². The molecule has 0 bridgehead atoms. The average Bonchev–Trinajstić information content (AvgIpc) is 3.44. The first-order valence-electron chi connectivity index (χ1n) is 14.1. The molecule has 0 aliphatic rings. The van der Waals surface area contributed by atoms with Crippen molar-refractivity contribution in [1.82, 2.24) is 14.9 Å². The largest absolute Gasteiger partial charge is 0.450 e. The summed E-state index contributed by atoms with van der Waals surface area (Å²) in [4.78, 5) is 56.7. The lowest BCUT2D eigenvalue weighted by Gasteiger charge is -2.33. The number of pyridine rings is 2. The Hall–Kier alpha value is -4.20. The molecule has 10 nitrogen and oxygen atoms in total. The van der Waals surface area contributed by atoms with Crippen molar-refractivity contribution in [2.75, 3.05) is 5.32 Å². The number of thiophene rings is 1. The minimum Gasteiger partial charge on any atom is -0.450 e. The summed E-state index contributed by atoms with van der Waals surface area (Å²) in [5, 5.41) is 6.46. The Morgan fingerprint density at radius 2 is 1.69 bits per heavy atom. The van der Waals surface area contributed by atoms with Crippen LogP contribution in [0.25, 0.3) is 10.6 Å². The number of aromatic nitrogens is 2. The van der Waals surface area contributed by atoms with E-state index < -0.39 is 59.7 Å². The van der Waals surface area contributed by atoms with Crippen molar-refractivity contribution < 1.29 is 37.0 Å². The molecular formula is C31H37F3N4O6S. The van der Waals surface area contributed by atoms with Crippen LogP contribution in [0.3, 0.4) is 0 Å². The second-order valence-corrected chi connectivity index (χ2v) is 12.9. The van der Waals surface area contributed by atoms with Crippen LogP contribution in [0, 0.1) is 25.2 Å². The van der Waals surface area contributed by atoms with Gasteiger partial charge in [0.15, 0.2) is 0 Å². The summed E-state index contributed by atoms with van der Waals surface area (Å²) < 4.78 is 53.5. The van der Waals surface area contributed by atoms with Crippen molar-refractivity contribution in [3.63, 3.8) is 0 Å². The van der Waals surface area contributed by atoms with Gasteiger partial charge in [-0.2, -0.15) is 13.2 Å². The molecule has 244 valence electrons. The van der Waals surface area contributed by atoms with E-state index in [-0.39, 0.29) is 12.3 Å². The Morgan fingerprint density at radius 1 is 1.04 bits per heavy atom. The third-order valence-corrected chi connectivity index (χ3v) is 7.43. The van der Waals surface area contributed by atoms with E-state index >= 15 is 0 Å².